The molecule has 1 aliphatic rings. The number of amides is 1. The van der Waals surface area contributed by atoms with Gasteiger partial charge in [0.1, 0.15) is 0 Å². The standard InChI is InChI=1S/C16H18N4O/c1-11(10-12-6-3-2-4-7-12)17-20-16(21)15-13-8-5-9-14(13)18-19-15/h2-4,6-7H,5,8-10H2,1H3,(H,18,19)(H,20,21)/b17-11+. The lowest BCUT2D eigenvalue weighted by atomic mass is 10.1. The number of hydrazone groups is 1. The SMILES string of the molecule is C/C(Cc1ccccc1)=N\NC(=O)c1n[nH]c2c1CCC2. The van der Waals surface area contributed by atoms with Crippen LogP contribution in [0.5, 0.6) is 0 Å². The number of hydrogen-bond acceptors (Lipinski definition) is 3. The van der Waals surface area contributed by atoms with E-state index in [0.717, 1.165) is 42.7 Å². The van der Waals surface area contributed by atoms with Gasteiger partial charge in [0.15, 0.2) is 5.69 Å². The van der Waals surface area contributed by atoms with Gasteiger partial charge in [-0.3, -0.25) is 9.89 Å². The summed E-state index contributed by atoms with van der Waals surface area (Å²) in [7, 11) is 0. The van der Waals surface area contributed by atoms with Crippen LogP contribution >= 0.6 is 0 Å². The van der Waals surface area contributed by atoms with Crippen LogP contribution in [0.3, 0.4) is 0 Å². The van der Waals surface area contributed by atoms with Gasteiger partial charge in [0.05, 0.1) is 0 Å². The van der Waals surface area contributed by atoms with E-state index >= 15 is 0 Å². The van der Waals surface area contributed by atoms with Crippen LogP contribution in [-0.2, 0) is 19.3 Å². The zero-order valence-electron chi connectivity index (χ0n) is 12.0. The number of carbonyl (C=O) groups is 1. The van der Waals surface area contributed by atoms with Gasteiger partial charge in [-0.25, -0.2) is 5.43 Å². The van der Waals surface area contributed by atoms with Crippen molar-refractivity contribution in [3.63, 3.8) is 0 Å². The molecule has 2 N–H and O–H groups in total. The Kier molecular flexibility index (Phi) is 3.81. The molecule has 1 aromatic carbocycles. The van der Waals surface area contributed by atoms with Crippen LogP contribution < -0.4 is 5.43 Å². The summed E-state index contributed by atoms with van der Waals surface area (Å²) in [6.07, 6.45) is 3.70. The highest BCUT2D eigenvalue weighted by Gasteiger charge is 2.22. The molecule has 21 heavy (non-hydrogen) atoms. The molecule has 1 aromatic heterocycles. The molecule has 0 bridgehead atoms. The molecule has 1 heterocycles. The average molecular weight is 282 g/mol. The van der Waals surface area contributed by atoms with E-state index in [2.05, 4.69) is 20.7 Å². The van der Waals surface area contributed by atoms with E-state index in [-0.39, 0.29) is 5.91 Å². The number of carbonyl (C=O) groups excluding carboxylic acids is 1. The molecule has 2 aromatic rings. The molecule has 0 spiro atoms. The topological polar surface area (TPSA) is 70.1 Å². The third-order valence-electron chi connectivity index (χ3n) is 3.67. The van der Waals surface area contributed by atoms with Crippen molar-refractivity contribution in [2.45, 2.75) is 32.6 Å². The lowest BCUT2D eigenvalue weighted by molar-refractivity contribution is 0.0949. The fraction of sp³-hybridized carbons (Fsp3) is 0.312. The normalized spacial score (nSPS) is 14.0. The van der Waals surface area contributed by atoms with E-state index in [0.29, 0.717) is 5.69 Å². The van der Waals surface area contributed by atoms with Gasteiger partial charge in [0, 0.05) is 23.4 Å². The summed E-state index contributed by atoms with van der Waals surface area (Å²) in [4.78, 5) is 12.1. The van der Waals surface area contributed by atoms with Crippen molar-refractivity contribution in [3.05, 3.63) is 52.8 Å². The maximum absolute atomic E-state index is 12.1. The average Bonchev–Trinajstić information content (AvgIpc) is 3.08. The first-order valence-electron chi connectivity index (χ1n) is 7.17. The number of H-pyrrole nitrogens is 1. The Hall–Kier alpha value is -2.43. The van der Waals surface area contributed by atoms with Crippen LogP contribution in [0.1, 0.15) is 40.7 Å². The van der Waals surface area contributed by atoms with Crippen LogP contribution in [0.15, 0.2) is 35.4 Å². The number of fused-ring (bicyclic) bond motifs is 1. The number of rotatable bonds is 4. The molecule has 5 heteroatoms. The quantitative estimate of drug-likeness (QED) is 0.667. The molecule has 0 atom stereocenters. The molecular weight excluding hydrogens is 264 g/mol. The van der Waals surface area contributed by atoms with Gasteiger partial charge in [-0.1, -0.05) is 30.3 Å². The van der Waals surface area contributed by atoms with Crippen molar-refractivity contribution in [1.82, 2.24) is 15.6 Å². The zero-order chi connectivity index (χ0) is 14.7. The summed E-state index contributed by atoms with van der Waals surface area (Å²) in [5, 5.41) is 11.2. The minimum Gasteiger partial charge on any atom is -0.281 e. The van der Waals surface area contributed by atoms with E-state index in [1.165, 1.54) is 5.56 Å². The minimum absolute atomic E-state index is 0.234. The number of benzene rings is 1. The van der Waals surface area contributed by atoms with Gasteiger partial charge in [0.2, 0.25) is 0 Å². The molecule has 1 aliphatic carbocycles. The Labute approximate surface area is 123 Å². The highest BCUT2D eigenvalue weighted by atomic mass is 16.2. The van der Waals surface area contributed by atoms with Gasteiger partial charge in [-0.05, 0) is 31.7 Å². The number of aromatic nitrogens is 2. The maximum Gasteiger partial charge on any atom is 0.292 e. The van der Waals surface area contributed by atoms with Crippen LogP contribution in [-0.4, -0.2) is 21.8 Å². The van der Waals surface area contributed by atoms with Crippen molar-refractivity contribution in [3.8, 4) is 0 Å². The molecule has 108 valence electrons. The van der Waals surface area contributed by atoms with E-state index in [4.69, 9.17) is 0 Å². The number of aryl methyl sites for hydroxylation is 1. The molecule has 1 amide bonds. The first-order valence-corrected chi connectivity index (χ1v) is 7.17. The second kappa shape index (κ2) is 5.91. The second-order valence-electron chi connectivity index (χ2n) is 5.33. The maximum atomic E-state index is 12.1. The Morgan fingerprint density at radius 1 is 1.33 bits per heavy atom. The summed E-state index contributed by atoms with van der Waals surface area (Å²) >= 11 is 0. The minimum atomic E-state index is -0.234. The Morgan fingerprint density at radius 2 is 2.14 bits per heavy atom. The van der Waals surface area contributed by atoms with Crippen LogP contribution in [0.25, 0.3) is 0 Å². The summed E-state index contributed by atoms with van der Waals surface area (Å²) in [5.41, 5.74) is 7.26. The monoisotopic (exact) mass is 282 g/mol. The second-order valence-corrected chi connectivity index (χ2v) is 5.33. The van der Waals surface area contributed by atoms with Crippen molar-refractivity contribution in [2.24, 2.45) is 5.10 Å². The molecule has 0 unspecified atom stereocenters. The van der Waals surface area contributed by atoms with Crippen LogP contribution in [0, 0.1) is 0 Å². The van der Waals surface area contributed by atoms with Gasteiger partial charge in [-0.2, -0.15) is 10.2 Å². The van der Waals surface area contributed by atoms with Crippen LogP contribution in [0.4, 0.5) is 0 Å². The summed E-state index contributed by atoms with van der Waals surface area (Å²) < 4.78 is 0. The summed E-state index contributed by atoms with van der Waals surface area (Å²) in [5.74, 6) is -0.234. The van der Waals surface area contributed by atoms with Gasteiger partial charge >= 0.3 is 0 Å². The predicted molar refractivity (Wildman–Crippen MR) is 81.3 cm³/mol. The van der Waals surface area contributed by atoms with Crippen molar-refractivity contribution in [2.75, 3.05) is 0 Å². The van der Waals surface area contributed by atoms with Gasteiger partial charge in [0.25, 0.3) is 5.91 Å². The molecule has 0 aliphatic heterocycles. The summed E-state index contributed by atoms with van der Waals surface area (Å²) in [6, 6.07) is 10.1. The fourth-order valence-corrected chi connectivity index (χ4v) is 2.64. The molecule has 0 saturated carbocycles. The largest absolute Gasteiger partial charge is 0.292 e. The summed E-state index contributed by atoms with van der Waals surface area (Å²) in [6.45, 7) is 1.91. The molecule has 5 nitrogen and oxygen atoms in total. The number of nitrogens with one attached hydrogen (secondary N) is 2. The van der Waals surface area contributed by atoms with E-state index in [9.17, 15) is 4.79 Å². The highest BCUT2D eigenvalue weighted by Crippen LogP contribution is 2.22. The van der Waals surface area contributed by atoms with E-state index < -0.39 is 0 Å². The third-order valence-corrected chi connectivity index (χ3v) is 3.67. The fourth-order valence-electron chi connectivity index (χ4n) is 2.64. The third kappa shape index (κ3) is 3.02. The Morgan fingerprint density at radius 3 is 2.95 bits per heavy atom. The van der Waals surface area contributed by atoms with Crippen molar-refractivity contribution in [1.29, 1.82) is 0 Å². The highest BCUT2D eigenvalue weighted by molar-refractivity contribution is 5.95. The Balaban J connectivity index is 1.63. The lowest BCUT2D eigenvalue weighted by Gasteiger charge is -2.02. The zero-order valence-corrected chi connectivity index (χ0v) is 12.0. The van der Waals surface area contributed by atoms with Crippen LogP contribution in [0.2, 0.25) is 0 Å². The first-order chi connectivity index (χ1) is 10.2. The predicted octanol–water partition coefficient (Wildman–Crippen LogP) is 2.25. The molecule has 0 radical (unpaired) electrons. The molecule has 0 saturated heterocycles. The van der Waals surface area contributed by atoms with E-state index in [1.54, 1.807) is 0 Å². The Bertz CT molecular complexity index is 673. The molecule has 0 fully saturated rings. The van der Waals surface area contributed by atoms with Crippen molar-refractivity contribution >= 4 is 11.6 Å². The van der Waals surface area contributed by atoms with Crippen molar-refractivity contribution < 1.29 is 4.79 Å². The first kappa shape index (κ1) is 13.5. The van der Waals surface area contributed by atoms with Gasteiger partial charge < -0.3 is 0 Å². The molecule has 3 rings (SSSR count). The molecular formula is C16H18N4O. The van der Waals surface area contributed by atoms with E-state index in [1.807, 2.05) is 37.3 Å². The number of nitrogens with zero attached hydrogens (tertiary/aromatic N) is 2. The number of aromatic amines is 1. The number of hydrogen-bond donors (Lipinski definition) is 2. The lowest BCUT2D eigenvalue weighted by Crippen LogP contribution is -2.21. The smallest absolute Gasteiger partial charge is 0.281 e. The van der Waals surface area contributed by atoms with Gasteiger partial charge in [-0.15, -0.1) is 0 Å².